The predicted octanol–water partition coefficient (Wildman–Crippen LogP) is 2.24. The number of ether oxygens (including phenoxy) is 2. The second-order valence-electron chi connectivity index (χ2n) is 3.69. The Bertz CT molecular complexity index is 508. The first-order chi connectivity index (χ1) is 8.78. The van der Waals surface area contributed by atoms with Gasteiger partial charge in [-0.15, -0.1) is 0 Å². The van der Waals surface area contributed by atoms with E-state index in [1.54, 1.807) is 49.8 Å². The zero-order valence-electron chi connectivity index (χ0n) is 10.00. The molecule has 0 aliphatic rings. The molecule has 4 heteroatoms. The van der Waals surface area contributed by atoms with Crippen molar-refractivity contribution in [2.75, 3.05) is 7.11 Å². The highest BCUT2D eigenvalue weighted by Crippen LogP contribution is 2.17. The summed E-state index contributed by atoms with van der Waals surface area (Å²) >= 11 is 0. The van der Waals surface area contributed by atoms with Gasteiger partial charge in [0.05, 0.1) is 13.5 Å². The minimum absolute atomic E-state index is 0.208. The second-order valence-corrected chi connectivity index (χ2v) is 3.69. The van der Waals surface area contributed by atoms with Crippen molar-refractivity contribution in [2.45, 2.75) is 6.42 Å². The van der Waals surface area contributed by atoms with Crippen LogP contribution in [0.5, 0.6) is 11.5 Å². The summed E-state index contributed by atoms with van der Waals surface area (Å²) in [5.74, 6) is 0.917. The number of pyridine rings is 1. The van der Waals surface area contributed by atoms with Crippen LogP contribution in [0.15, 0.2) is 48.8 Å². The average molecular weight is 243 g/mol. The van der Waals surface area contributed by atoms with Gasteiger partial charge in [0.2, 0.25) is 0 Å². The summed E-state index contributed by atoms with van der Waals surface area (Å²) in [5.41, 5.74) is 0.830. The van der Waals surface area contributed by atoms with Crippen LogP contribution in [0.1, 0.15) is 5.56 Å². The van der Waals surface area contributed by atoms with Gasteiger partial charge in [-0.25, -0.2) is 0 Å². The zero-order valence-corrected chi connectivity index (χ0v) is 10.00. The van der Waals surface area contributed by atoms with Crippen molar-refractivity contribution in [3.05, 3.63) is 54.4 Å². The van der Waals surface area contributed by atoms with Crippen molar-refractivity contribution in [3.63, 3.8) is 0 Å². The van der Waals surface area contributed by atoms with Crippen LogP contribution in [0, 0.1) is 0 Å². The molecule has 0 fully saturated rings. The fraction of sp³-hybridized carbons (Fsp3) is 0.143. The molecule has 0 aliphatic heterocycles. The van der Waals surface area contributed by atoms with E-state index in [0.29, 0.717) is 5.75 Å². The number of carbonyl (C=O) groups excluding carboxylic acids is 1. The van der Waals surface area contributed by atoms with Gasteiger partial charge < -0.3 is 9.47 Å². The molecule has 92 valence electrons. The van der Waals surface area contributed by atoms with Gasteiger partial charge in [-0.1, -0.05) is 6.07 Å². The number of esters is 1. The second kappa shape index (κ2) is 5.82. The summed E-state index contributed by atoms with van der Waals surface area (Å²) in [7, 11) is 1.59. The molecule has 0 radical (unpaired) electrons. The Balaban J connectivity index is 1.94. The largest absolute Gasteiger partial charge is 0.497 e. The first-order valence-electron chi connectivity index (χ1n) is 5.51. The van der Waals surface area contributed by atoms with Crippen LogP contribution in [-0.2, 0) is 11.2 Å². The molecule has 0 unspecified atom stereocenters. The molecule has 1 aromatic carbocycles. The standard InChI is InChI=1S/C14H13NO3/c1-17-12-4-6-13(7-5-12)18-14(16)9-11-3-2-8-15-10-11/h2-8,10H,9H2,1H3. The van der Waals surface area contributed by atoms with E-state index in [4.69, 9.17) is 9.47 Å². The summed E-state index contributed by atoms with van der Waals surface area (Å²) < 4.78 is 10.2. The van der Waals surface area contributed by atoms with Crippen molar-refractivity contribution >= 4 is 5.97 Å². The van der Waals surface area contributed by atoms with Crippen molar-refractivity contribution in [2.24, 2.45) is 0 Å². The zero-order chi connectivity index (χ0) is 12.8. The summed E-state index contributed by atoms with van der Waals surface area (Å²) in [6.45, 7) is 0. The van der Waals surface area contributed by atoms with Gasteiger partial charge in [0, 0.05) is 12.4 Å². The molecular formula is C14H13NO3. The van der Waals surface area contributed by atoms with Crippen molar-refractivity contribution in [1.82, 2.24) is 4.98 Å². The highest BCUT2D eigenvalue weighted by atomic mass is 16.5. The molecule has 0 amide bonds. The lowest BCUT2D eigenvalue weighted by atomic mass is 10.2. The molecule has 0 aliphatic carbocycles. The topological polar surface area (TPSA) is 48.4 Å². The Morgan fingerprint density at radius 1 is 1.17 bits per heavy atom. The van der Waals surface area contributed by atoms with Gasteiger partial charge in [0.15, 0.2) is 0 Å². The van der Waals surface area contributed by atoms with Crippen LogP contribution in [0.25, 0.3) is 0 Å². The minimum atomic E-state index is -0.312. The molecule has 2 aromatic rings. The van der Waals surface area contributed by atoms with Crippen LogP contribution in [0.3, 0.4) is 0 Å². The minimum Gasteiger partial charge on any atom is -0.497 e. The predicted molar refractivity (Wildman–Crippen MR) is 66.6 cm³/mol. The molecule has 4 nitrogen and oxygen atoms in total. The quantitative estimate of drug-likeness (QED) is 0.610. The van der Waals surface area contributed by atoms with Crippen molar-refractivity contribution in [1.29, 1.82) is 0 Å². The third kappa shape index (κ3) is 3.31. The van der Waals surface area contributed by atoms with E-state index in [9.17, 15) is 4.79 Å². The summed E-state index contributed by atoms with van der Waals surface area (Å²) in [6.07, 6.45) is 3.52. The van der Waals surface area contributed by atoms with E-state index >= 15 is 0 Å². The molecular weight excluding hydrogens is 230 g/mol. The number of nitrogens with zero attached hydrogens (tertiary/aromatic N) is 1. The summed E-state index contributed by atoms with van der Waals surface area (Å²) in [6, 6.07) is 10.5. The maximum atomic E-state index is 11.7. The highest BCUT2D eigenvalue weighted by molar-refractivity contribution is 5.75. The highest BCUT2D eigenvalue weighted by Gasteiger charge is 2.06. The first-order valence-corrected chi connectivity index (χ1v) is 5.51. The molecule has 0 saturated heterocycles. The van der Waals surface area contributed by atoms with E-state index in [0.717, 1.165) is 11.3 Å². The van der Waals surface area contributed by atoms with Crippen LogP contribution in [0.4, 0.5) is 0 Å². The van der Waals surface area contributed by atoms with Gasteiger partial charge in [-0.3, -0.25) is 9.78 Å². The Labute approximate surface area is 105 Å². The van der Waals surface area contributed by atoms with Crippen molar-refractivity contribution < 1.29 is 14.3 Å². The van der Waals surface area contributed by atoms with Gasteiger partial charge in [0.1, 0.15) is 11.5 Å². The Morgan fingerprint density at radius 3 is 2.50 bits per heavy atom. The molecule has 2 rings (SSSR count). The van der Waals surface area contributed by atoms with Gasteiger partial charge in [0.25, 0.3) is 0 Å². The number of benzene rings is 1. The van der Waals surface area contributed by atoms with Crippen LogP contribution < -0.4 is 9.47 Å². The third-order valence-electron chi connectivity index (χ3n) is 2.36. The molecule has 1 heterocycles. The number of hydrogen-bond donors (Lipinski definition) is 0. The normalized spacial score (nSPS) is 9.83. The van der Waals surface area contributed by atoms with E-state index in [1.165, 1.54) is 0 Å². The van der Waals surface area contributed by atoms with E-state index in [2.05, 4.69) is 4.98 Å². The van der Waals surface area contributed by atoms with Crippen LogP contribution in [-0.4, -0.2) is 18.1 Å². The molecule has 0 saturated carbocycles. The lowest BCUT2D eigenvalue weighted by Gasteiger charge is -2.05. The van der Waals surface area contributed by atoms with E-state index in [-0.39, 0.29) is 12.4 Å². The van der Waals surface area contributed by atoms with Crippen molar-refractivity contribution in [3.8, 4) is 11.5 Å². The summed E-state index contributed by atoms with van der Waals surface area (Å²) in [5, 5.41) is 0. The Hall–Kier alpha value is -2.36. The number of aromatic nitrogens is 1. The average Bonchev–Trinajstić information content (AvgIpc) is 2.40. The number of hydrogen-bond acceptors (Lipinski definition) is 4. The monoisotopic (exact) mass is 243 g/mol. The maximum Gasteiger partial charge on any atom is 0.315 e. The molecule has 0 spiro atoms. The Kier molecular flexibility index (Phi) is 3.91. The van der Waals surface area contributed by atoms with Crippen LogP contribution >= 0.6 is 0 Å². The maximum absolute atomic E-state index is 11.7. The smallest absolute Gasteiger partial charge is 0.315 e. The fourth-order valence-corrected chi connectivity index (χ4v) is 1.48. The summed E-state index contributed by atoms with van der Waals surface area (Å²) in [4.78, 5) is 15.6. The van der Waals surface area contributed by atoms with Gasteiger partial charge in [-0.2, -0.15) is 0 Å². The lowest BCUT2D eigenvalue weighted by Crippen LogP contribution is -2.11. The fourth-order valence-electron chi connectivity index (χ4n) is 1.48. The molecule has 18 heavy (non-hydrogen) atoms. The Morgan fingerprint density at radius 2 is 1.89 bits per heavy atom. The SMILES string of the molecule is COc1ccc(OC(=O)Cc2cccnc2)cc1. The third-order valence-corrected chi connectivity index (χ3v) is 2.36. The molecule has 0 atom stereocenters. The number of methoxy groups -OCH3 is 1. The van der Waals surface area contributed by atoms with E-state index in [1.807, 2.05) is 6.07 Å². The lowest BCUT2D eigenvalue weighted by molar-refractivity contribution is -0.133. The van der Waals surface area contributed by atoms with Crippen LogP contribution in [0.2, 0.25) is 0 Å². The molecule has 0 bridgehead atoms. The van der Waals surface area contributed by atoms with Gasteiger partial charge >= 0.3 is 5.97 Å². The number of carbonyl (C=O) groups is 1. The van der Waals surface area contributed by atoms with E-state index < -0.39 is 0 Å². The first kappa shape index (κ1) is 12.1. The molecule has 0 N–H and O–H groups in total. The van der Waals surface area contributed by atoms with Gasteiger partial charge in [-0.05, 0) is 35.9 Å². The molecule has 1 aromatic heterocycles. The number of rotatable bonds is 4.